The van der Waals surface area contributed by atoms with E-state index in [1.165, 1.54) is 0 Å². The average Bonchev–Trinajstić information content (AvgIpc) is 2.75. The van der Waals surface area contributed by atoms with Crippen molar-refractivity contribution in [1.29, 1.82) is 0 Å². The Morgan fingerprint density at radius 1 is 1.15 bits per heavy atom. The lowest BCUT2D eigenvalue weighted by Gasteiger charge is -2.53. The molecule has 1 aliphatic heterocycles. The van der Waals surface area contributed by atoms with Gasteiger partial charge in [0.2, 0.25) is 5.91 Å². The smallest absolute Gasteiger partial charge is 0.251 e. The highest BCUT2D eigenvalue weighted by molar-refractivity contribution is 6.31. The number of nitrogens with one attached hydrogen (secondary N) is 1. The van der Waals surface area contributed by atoms with Crippen LogP contribution >= 0.6 is 11.6 Å². The van der Waals surface area contributed by atoms with Gasteiger partial charge in [0.05, 0.1) is 6.61 Å². The Morgan fingerprint density at radius 2 is 1.82 bits per heavy atom. The van der Waals surface area contributed by atoms with Gasteiger partial charge in [0.25, 0.3) is 5.91 Å². The second-order valence-corrected chi connectivity index (χ2v) is 10.9. The van der Waals surface area contributed by atoms with Crippen molar-refractivity contribution in [2.45, 2.75) is 58.4 Å². The fourth-order valence-electron chi connectivity index (χ4n) is 4.95. The number of piperidine rings is 1. The first-order valence-electron chi connectivity index (χ1n) is 11.4. The maximum atomic E-state index is 13.2. The molecule has 0 radical (unpaired) electrons. The summed E-state index contributed by atoms with van der Waals surface area (Å²) in [7, 11) is 0. The van der Waals surface area contributed by atoms with Crippen LogP contribution in [0, 0.1) is 12.3 Å². The number of rotatable bonds is 6. The van der Waals surface area contributed by atoms with Gasteiger partial charge in [-0.3, -0.25) is 9.59 Å². The molecule has 5 nitrogen and oxygen atoms in total. The summed E-state index contributed by atoms with van der Waals surface area (Å²) < 4.78 is 0. The van der Waals surface area contributed by atoms with Crippen molar-refractivity contribution in [2.24, 2.45) is 5.41 Å². The Kier molecular flexibility index (Phi) is 7.25. The van der Waals surface area contributed by atoms with Crippen molar-refractivity contribution in [2.75, 3.05) is 19.7 Å². The van der Waals surface area contributed by atoms with E-state index in [2.05, 4.69) is 25.2 Å². The van der Waals surface area contributed by atoms with Crippen LogP contribution < -0.4 is 5.32 Å². The average molecular weight is 471 g/mol. The monoisotopic (exact) mass is 470 g/mol. The number of benzene rings is 2. The van der Waals surface area contributed by atoms with Gasteiger partial charge in [0, 0.05) is 41.1 Å². The lowest BCUT2D eigenvalue weighted by molar-refractivity contribution is -0.138. The molecule has 3 rings (SSSR count). The number of nitrogens with zero attached hydrogens (tertiary/aromatic N) is 1. The van der Waals surface area contributed by atoms with E-state index in [9.17, 15) is 14.7 Å². The Morgan fingerprint density at radius 3 is 2.39 bits per heavy atom. The minimum atomic E-state index is -0.688. The standard InChI is InChI=1S/C27H35ClN2O3/c1-19-15-21(11-12-22(19)28)27(18-31)13-14-30(17-25(27,2)3)23(32)16-26(4,5)29-24(33)20-9-7-6-8-10-20/h6-12,15,31H,13-14,16-18H2,1-5H3,(H,29,33)/t27-/m1/s1. The van der Waals surface area contributed by atoms with Crippen LogP contribution in [0.3, 0.4) is 0 Å². The predicted octanol–water partition coefficient (Wildman–Crippen LogP) is 4.74. The van der Waals surface area contributed by atoms with E-state index >= 15 is 0 Å². The Labute approximate surface area is 202 Å². The van der Waals surface area contributed by atoms with Crippen molar-refractivity contribution < 1.29 is 14.7 Å². The second-order valence-electron chi connectivity index (χ2n) is 10.5. The largest absolute Gasteiger partial charge is 0.395 e. The second kappa shape index (κ2) is 9.47. The summed E-state index contributed by atoms with van der Waals surface area (Å²) in [5.41, 5.74) is 1.10. The van der Waals surface area contributed by atoms with Crippen molar-refractivity contribution in [3.63, 3.8) is 0 Å². The molecule has 2 aromatic rings. The number of amides is 2. The van der Waals surface area contributed by atoms with E-state index < -0.39 is 11.0 Å². The summed E-state index contributed by atoms with van der Waals surface area (Å²) in [5, 5.41) is 14.2. The lowest BCUT2D eigenvalue weighted by Crippen LogP contribution is -2.59. The van der Waals surface area contributed by atoms with Gasteiger partial charge >= 0.3 is 0 Å². The quantitative estimate of drug-likeness (QED) is 0.640. The topological polar surface area (TPSA) is 69.6 Å². The van der Waals surface area contributed by atoms with Crippen LogP contribution in [0.2, 0.25) is 5.02 Å². The molecule has 1 aliphatic rings. The molecular weight excluding hydrogens is 436 g/mol. The summed E-state index contributed by atoms with van der Waals surface area (Å²) in [6, 6.07) is 14.9. The van der Waals surface area contributed by atoms with E-state index in [0.29, 0.717) is 30.1 Å². The predicted molar refractivity (Wildman–Crippen MR) is 133 cm³/mol. The maximum Gasteiger partial charge on any atom is 0.251 e. The number of carbonyl (C=O) groups is 2. The molecule has 0 bridgehead atoms. The highest BCUT2D eigenvalue weighted by Crippen LogP contribution is 2.48. The van der Waals surface area contributed by atoms with Crippen LogP contribution in [-0.2, 0) is 10.2 Å². The van der Waals surface area contributed by atoms with E-state index in [-0.39, 0.29) is 30.3 Å². The van der Waals surface area contributed by atoms with Crippen molar-refractivity contribution in [1.82, 2.24) is 10.2 Å². The molecule has 0 aliphatic carbocycles. The molecule has 1 saturated heterocycles. The van der Waals surface area contributed by atoms with Crippen LogP contribution in [0.25, 0.3) is 0 Å². The molecule has 1 fully saturated rings. The zero-order valence-electron chi connectivity index (χ0n) is 20.2. The van der Waals surface area contributed by atoms with E-state index in [0.717, 1.165) is 11.1 Å². The third-order valence-electron chi connectivity index (χ3n) is 7.10. The van der Waals surface area contributed by atoms with Crippen molar-refractivity contribution in [3.8, 4) is 0 Å². The third-order valence-corrected chi connectivity index (χ3v) is 7.53. The molecule has 0 unspecified atom stereocenters. The Balaban J connectivity index is 1.72. The number of hydrogen-bond acceptors (Lipinski definition) is 3. The van der Waals surface area contributed by atoms with Crippen LogP contribution in [0.15, 0.2) is 48.5 Å². The van der Waals surface area contributed by atoms with Gasteiger partial charge in [-0.05, 0) is 61.9 Å². The summed E-state index contributed by atoms with van der Waals surface area (Å²) in [4.78, 5) is 27.7. The van der Waals surface area contributed by atoms with E-state index in [4.69, 9.17) is 11.6 Å². The Hall–Kier alpha value is -2.37. The van der Waals surface area contributed by atoms with Gasteiger partial charge < -0.3 is 15.3 Å². The fourth-order valence-corrected chi connectivity index (χ4v) is 5.07. The first kappa shape index (κ1) is 25.3. The fraction of sp³-hybridized carbons (Fsp3) is 0.481. The molecule has 1 atom stereocenters. The van der Waals surface area contributed by atoms with Crippen molar-refractivity contribution >= 4 is 23.4 Å². The molecule has 6 heteroatoms. The van der Waals surface area contributed by atoms with Gasteiger partial charge in [0.1, 0.15) is 0 Å². The van der Waals surface area contributed by atoms with Crippen molar-refractivity contribution in [3.05, 3.63) is 70.2 Å². The zero-order chi connectivity index (χ0) is 24.4. The maximum absolute atomic E-state index is 13.2. The first-order chi connectivity index (χ1) is 15.4. The molecule has 178 valence electrons. The number of halogens is 1. The molecular formula is C27H35ClN2O3. The summed E-state index contributed by atoms with van der Waals surface area (Å²) >= 11 is 6.24. The lowest BCUT2D eigenvalue weighted by atomic mass is 9.58. The van der Waals surface area contributed by atoms with Gasteiger partial charge in [-0.1, -0.05) is 55.8 Å². The minimum absolute atomic E-state index is 0.000244. The first-order valence-corrected chi connectivity index (χ1v) is 11.8. The van der Waals surface area contributed by atoms with Gasteiger partial charge in [-0.25, -0.2) is 0 Å². The molecule has 33 heavy (non-hydrogen) atoms. The molecule has 0 saturated carbocycles. The summed E-state index contributed by atoms with van der Waals surface area (Å²) in [6.45, 7) is 11.0. The molecule has 0 spiro atoms. The van der Waals surface area contributed by atoms with E-state index in [1.54, 1.807) is 12.1 Å². The van der Waals surface area contributed by atoms with E-state index in [1.807, 2.05) is 56.0 Å². The number of aryl methyl sites for hydroxylation is 1. The number of aliphatic hydroxyl groups is 1. The van der Waals surface area contributed by atoms with Gasteiger partial charge in [-0.15, -0.1) is 0 Å². The normalized spacial score (nSPS) is 20.4. The molecule has 2 aromatic carbocycles. The van der Waals surface area contributed by atoms with Gasteiger partial charge in [-0.2, -0.15) is 0 Å². The van der Waals surface area contributed by atoms with Crippen LogP contribution in [0.1, 0.15) is 62.0 Å². The number of carbonyl (C=O) groups excluding carboxylic acids is 2. The van der Waals surface area contributed by atoms with Gasteiger partial charge in [0.15, 0.2) is 0 Å². The van der Waals surface area contributed by atoms with Crippen LogP contribution in [0.4, 0.5) is 0 Å². The highest BCUT2D eigenvalue weighted by atomic mass is 35.5. The molecule has 1 heterocycles. The van der Waals surface area contributed by atoms with Crippen LogP contribution in [0.5, 0.6) is 0 Å². The molecule has 0 aromatic heterocycles. The minimum Gasteiger partial charge on any atom is -0.395 e. The summed E-state index contributed by atoms with van der Waals surface area (Å²) in [6.07, 6.45) is 0.855. The molecule has 2 amide bonds. The van der Waals surface area contributed by atoms with Crippen LogP contribution in [-0.4, -0.2) is 47.1 Å². The zero-order valence-corrected chi connectivity index (χ0v) is 21.0. The summed E-state index contributed by atoms with van der Waals surface area (Å²) in [5.74, 6) is -0.190. The highest BCUT2D eigenvalue weighted by Gasteiger charge is 2.50. The molecule has 2 N–H and O–H groups in total. The SMILES string of the molecule is Cc1cc([C@]2(CO)CCN(C(=O)CC(C)(C)NC(=O)c3ccccc3)CC2(C)C)ccc1Cl. The number of aliphatic hydroxyl groups excluding tert-OH is 1. The third kappa shape index (κ3) is 5.25. The number of likely N-dealkylation sites (tertiary alicyclic amines) is 1. The number of hydrogen-bond donors (Lipinski definition) is 2. The Bertz CT molecular complexity index is 1020.